The lowest BCUT2D eigenvalue weighted by Crippen LogP contribution is -2.34. The maximum absolute atomic E-state index is 12.8. The number of pyridine rings is 1. The van der Waals surface area contributed by atoms with E-state index in [1.54, 1.807) is 6.20 Å². The van der Waals surface area contributed by atoms with Gasteiger partial charge >= 0.3 is 0 Å². The van der Waals surface area contributed by atoms with Crippen LogP contribution in [0, 0.1) is 5.92 Å². The molecular formula is C18H27N5O2. The number of carbonyl (C=O) groups is 1. The molecule has 1 aliphatic rings. The number of aliphatic hydroxyl groups excluding tert-OH is 1. The van der Waals surface area contributed by atoms with Gasteiger partial charge < -0.3 is 15.7 Å². The first kappa shape index (κ1) is 17.8. The van der Waals surface area contributed by atoms with Crippen LogP contribution in [0.5, 0.6) is 0 Å². The molecule has 7 heteroatoms. The van der Waals surface area contributed by atoms with Crippen LogP contribution in [0.2, 0.25) is 0 Å². The Hall–Kier alpha value is -1.99. The first-order valence-electron chi connectivity index (χ1n) is 8.93. The zero-order valence-electron chi connectivity index (χ0n) is 15.3. The monoisotopic (exact) mass is 345 g/mol. The Labute approximate surface area is 147 Å². The smallest absolute Gasteiger partial charge is 0.252 e. The van der Waals surface area contributed by atoms with Gasteiger partial charge in [-0.2, -0.15) is 5.10 Å². The van der Waals surface area contributed by atoms with Crippen LogP contribution in [0.1, 0.15) is 55.7 Å². The number of carbonyl (C=O) groups excluding carboxylic acids is 1. The Morgan fingerprint density at radius 3 is 2.76 bits per heavy atom. The quantitative estimate of drug-likeness (QED) is 0.763. The van der Waals surface area contributed by atoms with Gasteiger partial charge in [0.2, 0.25) is 0 Å². The molecule has 2 aromatic heterocycles. The Kier molecular flexibility index (Phi) is 5.06. The summed E-state index contributed by atoms with van der Waals surface area (Å²) in [4.78, 5) is 17.5. The summed E-state index contributed by atoms with van der Waals surface area (Å²) in [7, 11) is 0. The highest BCUT2D eigenvalue weighted by atomic mass is 16.3. The summed E-state index contributed by atoms with van der Waals surface area (Å²) in [5, 5.41) is 21.2. The molecule has 1 aliphatic heterocycles. The third kappa shape index (κ3) is 3.52. The lowest BCUT2D eigenvalue weighted by atomic mass is 10.0. The van der Waals surface area contributed by atoms with Crippen molar-refractivity contribution in [3.63, 3.8) is 0 Å². The summed E-state index contributed by atoms with van der Waals surface area (Å²) in [6.45, 7) is 9.97. The Morgan fingerprint density at radius 1 is 1.40 bits per heavy atom. The molecule has 0 spiro atoms. The van der Waals surface area contributed by atoms with Gasteiger partial charge in [0.15, 0.2) is 5.65 Å². The van der Waals surface area contributed by atoms with Crippen molar-refractivity contribution < 1.29 is 9.90 Å². The van der Waals surface area contributed by atoms with E-state index in [1.165, 1.54) is 0 Å². The van der Waals surface area contributed by atoms with E-state index in [0.29, 0.717) is 18.7 Å². The minimum atomic E-state index is -0.410. The topological polar surface area (TPSA) is 92.1 Å². The van der Waals surface area contributed by atoms with Gasteiger partial charge in [0.05, 0.1) is 23.3 Å². The standard InChI is InChI=1S/C18H27N5O2/c1-10(2)15-5-13(14-8-21-23(11(3)4)17(14)22-15)18(25)20-7-12-6-19-9-16(12)24/h5,8,10-12,16,19,24H,6-7,9H2,1-4H3,(H,20,25). The van der Waals surface area contributed by atoms with Gasteiger partial charge in [0.25, 0.3) is 5.91 Å². The first-order valence-corrected chi connectivity index (χ1v) is 8.93. The molecule has 2 atom stereocenters. The molecule has 0 aromatic carbocycles. The van der Waals surface area contributed by atoms with Crippen LogP contribution in [0.25, 0.3) is 11.0 Å². The van der Waals surface area contributed by atoms with Crippen LogP contribution in [0.3, 0.4) is 0 Å². The van der Waals surface area contributed by atoms with Gasteiger partial charge in [0.1, 0.15) is 0 Å². The van der Waals surface area contributed by atoms with E-state index in [0.717, 1.165) is 23.3 Å². The van der Waals surface area contributed by atoms with Crippen molar-refractivity contribution in [2.45, 2.75) is 45.8 Å². The van der Waals surface area contributed by atoms with Crippen LogP contribution >= 0.6 is 0 Å². The van der Waals surface area contributed by atoms with E-state index >= 15 is 0 Å². The maximum atomic E-state index is 12.8. The van der Waals surface area contributed by atoms with Crippen LogP contribution in [-0.4, -0.2) is 51.5 Å². The number of hydrogen-bond acceptors (Lipinski definition) is 5. The highest BCUT2D eigenvalue weighted by Gasteiger charge is 2.26. The molecule has 0 radical (unpaired) electrons. The van der Waals surface area contributed by atoms with E-state index in [-0.39, 0.29) is 23.8 Å². The highest BCUT2D eigenvalue weighted by molar-refractivity contribution is 6.05. The fourth-order valence-electron chi connectivity index (χ4n) is 3.15. The summed E-state index contributed by atoms with van der Waals surface area (Å²) in [6.07, 6.45) is 1.31. The normalized spacial score (nSPS) is 20.8. The zero-order chi connectivity index (χ0) is 18.1. The summed E-state index contributed by atoms with van der Waals surface area (Å²) < 4.78 is 1.85. The van der Waals surface area contributed by atoms with E-state index in [2.05, 4.69) is 29.6 Å². The molecule has 0 bridgehead atoms. The maximum Gasteiger partial charge on any atom is 0.252 e. The molecule has 0 saturated carbocycles. The number of β-amino-alcohol motifs (C(OH)–C–C–N with tert-alkyl or cyclic N) is 1. The van der Waals surface area contributed by atoms with E-state index < -0.39 is 6.10 Å². The summed E-state index contributed by atoms with van der Waals surface area (Å²) >= 11 is 0. The molecule has 3 heterocycles. The fraction of sp³-hybridized carbons (Fsp3) is 0.611. The second-order valence-electron chi connectivity index (χ2n) is 7.37. The van der Waals surface area contributed by atoms with Gasteiger partial charge in [-0.25, -0.2) is 9.67 Å². The van der Waals surface area contributed by atoms with Crippen molar-refractivity contribution >= 4 is 16.9 Å². The van der Waals surface area contributed by atoms with Crippen molar-refractivity contribution in [1.82, 2.24) is 25.4 Å². The summed E-state index contributed by atoms with van der Waals surface area (Å²) in [5.41, 5.74) is 2.22. The number of nitrogens with zero attached hydrogens (tertiary/aromatic N) is 3. The SMILES string of the molecule is CC(C)c1cc(C(=O)NCC2CNCC2O)c2cnn(C(C)C)c2n1. The average Bonchev–Trinajstić information content (AvgIpc) is 3.17. The average molecular weight is 345 g/mol. The number of fused-ring (bicyclic) bond motifs is 1. The van der Waals surface area contributed by atoms with Crippen molar-refractivity contribution in [3.05, 3.63) is 23.5 Å². The predicted octanol–water partition coefficient (Wildman–Crippen LogP) is 1.45. The van der Waals surface area contributed by atoms with Gasteiger partial charge in [-0.05, 0) is 25.8 Å². The molecular weight excluding hydrogens is 318 g/mol. The predicted molar refractivity (Wildman–Crippen MR) is 96.7 cm³/mol. The largest absolute Gasteiger partial charge is 0.391 e. The molecule has 2 unspecified atom stereocenters. The number of aliphatic hydroxyl groups is 1. The van der Waals surface area contributed by atoms with Crippen molar-refractivity contribution in [3.8, 4) is 0 Å². The van der Waals surface area contributed by atoms with Crippen LogP contribution in [0.4, 0.5) is 0 Å². The van der Waals surface area contributed by atoms with E-state index in [1.807, 2.05) is 24.6 Å². The minimum Gasteiger partial charge on any atom is -0.391 e. The molecule has 2 aromatic rings. The van der Waals surface area contributed by atoms with Crippen molar-refractivity contribution in [1.29, 1.82) is 0 Å². The minimum absolute atomic E-state index is 0.0456. The lowest BCUT2D eigenvalue weighted by Gasteiger charge is -2.15. The summed E-state index contributed by atoms with van der Waals surface area (Å²) in [6, 6.07) is 2.03. The molecule has 3 rings (SSSR count). The molecule has 0 aliphatic carbocycles. The van der Waals surface area contributed by atoms with Crippen molar-refractivity contribution in [2.24, 2.45) is 5.92 Å². The van der Waals surface area contributed by atoms with E-state index in [4.69, 9.17) is 4.98 Å². The number of hydrogen-bond donors (Lipinski definition) is 3. The van der Waals surface area contributed by atoms with Gasteiger partial charge in [0, 0.05) is 37.3 Å². The Morgan fingerprint density at radius 2 is 2.16 bits per heavy atom. The zero-order valence-corrected chi connectivity index (χ0v) is 15.3. The van der Waals surface area contributed by atoms with Crippen LogP contribution in [-0.2, 0) is 0 Å². The molecule has 1 fully saturated rings. The lowest BCUT2D eigenvalue weighted by molar-refractivity contribution is 0.0928. The third-order valence-electron chi connectivity index (χ3n) is 4.74. The molecule has 1 amide bonds. The highest BCUT2D eigenvalue weighted by Crippen LogP contribution is 2.24. The number of rotatable bonds is 5. The second-order valence-corrected chi connectivity index (χ2v) is 7.37. The summed E-state index contributed by atoms with van der Waals surface area (Å²) in [5.74, 6) is 0.119. The van der Waals surface area contributed by atoms with Gasteiger partial charge in [-0.3, -0.25) is 4.79 Å². The molecule has 3 N–H and O–H groups in total. The van der Waals surface area contributed by atoms with Crippen LogP contribution < -0.4 is 10.6 Å². The number of amides is 1. The fourth-order valence-corrected chi connectivity index (χ4v) is 3.15. The molecule has 25 heavy (non-hydrogen) atoms. The Balaban J connectivity index is 1.92. The van der Waals surface area contributed by atoms with Crippen molar-refractivity contribution in [2.75, 3.05) is 19.6 Å². The molecule has 136 valence electrons. The third-order valence-corrected chi connectivity index (χ3v) is 4.74. The number of aromatic nitrogens is 3. The Bertz CT molecular complexity index is 768. The van der Waals surface area contributed by atoms with Gasteiger partial charge in [-0.15, -0.1) is 0 Å². The molecule has 7 nitrogen and oxygen atoms in total. The number of nitrogens with one attached hydrogen (secondary N) is 2. The second kappa shape index (κ2) is 7.09. The van der Waals surface area contributed by atoms with E-state index in [9.17, 15) is 9.90 Å². The molecule has 1 saturated heterocycles. The van der Waals surface area contributed by atoms with Gasteiger partial charge in [-0.1, -0.05) is 13.8 Å². The first-order chi connectivity index (χ1) is 11.9. The van der Waals surface area contributed by atoms with Crippen LogP contribution in [0.15, 0.2) is 12.3 Å².